The Morgan fingerprint density at radius 1 is 0.943 bits per heavy atom. The lowest BCUT2D eigenvalue weighted by Gasteiger charge is -2.39. The van der Waals surface area contributed by atoms with Crippen LogP contribution in [0.2, 0.25) is 0 Å². The van der Waals surface area contributed by atoms with Crippen molar-refractivity contribution in [3.05, 3.63) is 101 Å². The molecule has 180 valence electrons. The molecule has 3 aromatic carbocycles. The molecule has 1 heterocycles. The van der Waals surface area contributed by atoms with Gasteiger partial charge in [0.15, 0.2) is 5.50 Å². The smallest absolute Gasteiger partial charge is 0.262 e. The molecule has 5 rings (SSSR count). The molecule has 0 aromatic heterocycles. The Morgan fingerprint density at radius 2 is 1.63 bits per heavy atom. The molecule has 2 aliphatic rings. The topological polar surface area (TPSA) is 41.6 Å². The molecule has 3 atom stereocenters. The van der Waals surface area contributed by atoms with Crippen LogP contribution in [0.1, 0.15) is 43.7 Å². The highest BCUT2D eigenvalue weighted by Crippen LogP contribution is 2.42. The van der Waals surface area contributed by atoms with E-state index in [9.17, 15) is 4.79 Å². The standard InChI is InChI=1S/C30H32N2O2S/c1-22-12-8-10-18-26(22)32-29(33)28(35-30(32)31-25-16-6-3-7-17-25)20-24-15-9-11-19-27(24)34-21-23-13-4-2-5-14-23/h2-7,9,11,13-17,19-20,22,26,30-31H,8,10,12,18,21H2,1H3/b28-20-/t22-,26-,30?/m0/s1. The van der Waals surface area contributed by atoms with Crippen LogP contribution < -0.4 is 10.1 Å². The largest absolute Gasteiger partial charge is 0.488 e. The molecular formula is C30H32N2O2S. The number of para-hydroxylation sites is 2. The quantitative estimate of drug-likeness (QED) is 0.361. The number of carbonyl (C=O) groups is 1. The first-order valence-corrected chi connectivity index (χ1v) is 13.4. The van der Waals surface area contributed by atoms with Crippen LogP contribution in [0, 0.1) is 5.92 Å². The molecule has 0 bridgehead atoms. The van der Waals surface area contributed by atoms with Crippen molar-refractivity contribution in [1.82, 2.24) is 4.90 Å². The van der Waals surface area contributed by atoms with Gasteiger partial charge in [-0.25, -0.2) is 0 Å². The molecule has 0 radical (unpaired) electrons. The van der Waals surface area contributed by atoms with Crippen LogP contribution in [0.3, 0.4) is 0 Å². The van der Waals surface area contributed by atoms with Gasteiger partial charge in [-0.3, -0.25) is 4.79 Å². The summed E-state index contributed by atoms with van der Waals surface area (Å²) in [6, 6.07) is 28.5. The minimum Gasteiger partial charge on any atom is -0.488 e. The van der Waals surface area contributed by atoms with E-state index in [-0.39, 0.29) is 17.4 Å². The lowest BCUT2D eigenvalue weighted by molar-refractivity contribution is -0.129. The van der Waals surface area contributed by atoms with Gasteiger partial charge in [-0.05, 0) is 48.6 Å². The Kier molecular flexibility index (Phi) is 7.43. The van der Waals surface area contributed by atoms with E-state index in [0.29, 0.717) is 12.5 Å². The van der Waals surface area contributed by atoms with Crippen molar-refractivity contribution in [1.29, 1.82) is 0 Å². The first kappa shape index (κ1) is 23.6. The SMILES string of the molecule is C[C@H]1CCCC[C@@H]1N1C(=O)/C(=C/c2ccccc2OCc2ccccc2)SC1Nc1ccccc1. The summed E-state index contributed by atoms with van der Waals surface area (Å²) >= 11 is 1.61. The zero-order valence-electron chi connectivity index (χ0n) is 20.1. The van der Waals surface area contributed by atoms with E-state index in [1.54, 1.807) is 11.8 Å². The second-order valence-corrected chi connectivity index (χ2v) is 10.5. The number of ether oxygens (including phenoxy) is 1. The Bertz CT molecular complexity index is 1170. The average molecular weight is 485 g/mol. The van der Waals surface area contributed by atoms with E-state index in [4.69, 9.17) is 4.74 Å². The third-order valence-electron chi connectivity index (χ3n) is 6.87. The number of amides is 1. The number of nitrogens with zero attached hydrogens (tertiary/aromatic N) is 1. The molecular weight excluding hydrogens is 452 g/mol. The van der Waals surface area contributed by atoms with Gasteiger partial charge in [-0.2, -0.15) is 0 Å². The highest BCUT2D eigenvalue weighted by Gasteiger charge is 2.43. The molecule has 1 saturated heterocycles. The van der Waals surface area contributed by atoms with Gasteiger partial charge in [0.2, 0.25) is 0 Å². The summed E-state index contributed by atoms with van der Waals surface area (Å²) in [5, 5.41) is 3.61. The van der Waals surface area contributed by atoms with E-state index in [2.05, 4.69) is 41.4 Å². The maximum Gasteiger partial charge on any atom is 0.262 e. The summed E-state index contributed by atoms with van der Waals surface area (Å²) in [5.41, 5.74) is 2.94. The first-order chi connectivity index (χ1) is 17.2. The fourth-order valence-electron chi connectivity index (χ4n) is 4.98. The average Bonchev–Trinajstić information content (AvgIpc) is 3.19. The predicted octanol–water partition coefficient (Wildman–Crippen LogP) is 7.16. The third-order valence-corrected chi connectivity index (χ3v) is 7.98. The van der Waals surface area contributed by atoms with E-state index in [1.807, 2.05) is 66.7 Å². The Labute approximate surface area is 212 Å². The second-order valence-electron chi connectivity index (χ2n) is 9.34. The summed E-state index contributed by atoms with van der Waals surface area (Å²) in [6.45, 7) is 2.78. The van der Waals surface area contributed by atoms with Gasteiger partial charge in [0.25, 0.3) is 5.91 Å². The van der Waals surface area contributed by atoms with Crippen molar-refractivity contribution < 1.29 is 9.53 Å². The van der Waals surface area contributed by atoms with Crippen LogP contribution in [0.15, 0.2) is 89.8 Å². The van der Waals surface area contributed by atoms with E-state index < -0.39 is 0 Å². The molecule has 3 aromatic rings. The lowest BCUT2D eigenvalue weighted by Crippen LogP contribution is -2.48. The van der Waals surface area contributed by atoms with Crippen molar-refractivity contribution in [2.24, 2.45) is 5.92 Å². The molecule has 1 saturated carbocycles. The van der Waals surface area contributed by atoms with Gasteiger partial charge in [0.1, 0.15) is 12.4 Å². The maximum atomic E-state index is 13.8. The number of benzene rings is 3. The number of nitrogens with one attached hydrogen (secondary N) is 1. The van der Waals surface area contributed by atoms with Gasteiger partial charge in [0.05, 0.1) is 4.91 Å². The molecule has 1 amide bonds. The Hall–Kier alpha value is -3.18. The molecule has 1 N–H and O–H groups in total. The number of anilines is 1. The predicted molar refractivity (Wildman–Crippen MR) is 145 cm³/mol. The Morgan fingerprint density at radius 3 is 2.40 bits per heavy atom. The van der Waals surface area contributed by atoms with Gasteiger partial charge in [-0.1, -0.05) is 98.3 Å². The minimum atomic E-state index is -0.126. The number of hydrogen-bond donors (Lipinski definition) is 1. The summed E-state index contributed by atoms with van der Waals surface area (Å²) in [5.74, 6) is 1.39. The summed E-state index contributed by atoms with van der Waals surface area (Å²) in [4.78, 5) is 16.7. The third kappa shape index (κ3) is 5.57. The van der Waals surface area contributed by atoms with Crippen LogP contribution in [-0.4, -0.2) is 22.3 Å². The number of carbonyl (C=O) groups excluding carboxylic acids is 1. The zero-order chi connectivity index (χ0) is 24.0. The van der Waals surface area contributed by atoms with E-state index in [1.165, 1.54) is 19.3 Å². The van der Waals surface area contributed by atoms with Crippen LogP contribution in [0.5, 0.6) is 5.75 Å². The van der Waals surface area contributed by atoms with Gasteiger partial charge >= 0.3 is 0 Å². The highest BCUT2D eigenvalue weighted by molar-refractivity contribution is 8.05. The summed E-state index contributed by atoms with van der Waals surface area (Å²) in [7, 11) is 0. The zero-order valence-corrected chi connectivity index (χ0v) is 20.9. The second kappa shape index (κ2) is 11.0. The molecule has 1 unspecified atom stereocenters. The van der Waals surface area contributed by atoms with Gasteiger partial charge in [0, 0.05) is 17.3 Å². The first-order valence-electron chi connectivity index (χ1n) is 12.5. The molecule has 35 heavy (non-hydrogen) atoms. The van der Waals surface area contributed by atoms with Crippen molar-refractivity contribution in [2.75, 3.05) is 5.32 Å². The van der Waals surface area contributed by atoms with Crippen LogP contribution in [0.25, 0.3) is 6.08 Å². The lowest BCUT2D eigenvalue weighted by atomic mass is 9.85. The van der Waals surface area contributed by atoms with Gasteiger partial charge < -0.3 is 15.0 Å². The minimum absolute atomic E-state index is 0.111. The fraction of sp³-hybridized carbons (Fsp3) is 0.300. The van der Waals surface area contributed by atoms with Crippen LogP contribution in [-0.2, 0) is 11.4 Å². The van der Waals surface area contributed by atoms with Crippen molar-refractivity contribution in [2.45, 2.75) is 50.8 Å². The molecule has 1 aliphatic carbocycles. The normalized spacial score (nSPS) is 23.5. The number of rotatable bonds is 7. The number of thioether (sulfide) groups is 1. The Balaban J connectivity index is 1.41. The molecule has 1 aliphatic heterocycles. The fourth-order valence-corrected chi connectivity index (χ4v) is 6.18. The summed E-state index contributed by atoms with van der Waals surface area (Å²) in [6.07, 6.45) is 6.66. The van der Waals surface area contributed by atoms with E-state index in [0.717, 1.165) is 33.9 Å². The highest BCUT2D eigenvalue weighted by atomic mass is 32.2. The molecule has 0 spiro atoms. The summed E-state index contributed by atoms with van der Waals surface area (Å²) < 4.78 is 6.16. The molecule has 4 nitrogen and oxygen atoms in total. The van der Waals surface area contributed by atoms with Crippen molar-refractivity contribution in [3.8, 4) is 5.75 Å². The van der Waals surface area contributed by atoms with Crippen molar-refractivity contribution >= 4 is 29.4 Å². The van der Waals surface area contributed by atoms with Crippen LogP contribution in [0.4, 0.5) is 5.69 Å². The molecule has 2 fully saturated rings. The van der Waals surface area contributed by atoms with Crippen molar-refractivity contribution in [3.63, 3.8) is 0 Å². The van der Waals surface area contributed by atoms with Gasteiger partial charge in [-0.15, -0.1) is 0 Å². The monoisotopic (exact) mass is 484 g/mol. The van der Waals surface area contributed by atoms with E-state index >= 15 is 0 Å². The molecule has 5 heteroatoms. The number of hydrogen-bond acceptors (Lipinski definition) is 4. The van der Waals surface area contributed by atoms with Crippen LogP contribution >= 0.6 is 11.8 Å². The maximum absolute atomic E-state index is 13.8.